The Labute approximate surface area is 221 Å². The zero-order chi connectivity index (χ0) is 25.7. The number of likely N-dealkylation sites (tertiary alicyclic amines) is 1. The molecule has 4 aromatic rings. The predicted molar refractivity (Wildman–Crippen MR) is 144 cm³/mol. The number of hydrogen-bond acceptors (Lipinski definition) is 5. The Morgan fingerprint density at radius 2 is 2.05 bits per heavy atom. The number of unbranched alkanes of at least 4 members (excludes halogenated alkanes) is 1. The molecular formula is C28H31ClN6O2. The second-order valence-corrected chi connectivity index (χ2v) is 10.9. The van der Waals surface area contributed by atoms with Gasteiger partial charge in [0.15, 0.2) is 0 Å². The predicted octanol–water partition coefficient (Wildman–Crippen LogP) is 6.33. The molecule has 2 fully saturated rings. The molecule has 3 aromatic heterocycles. The number of halogens is 1. The van der Waals surface area contributed by atoms with Gasteiger partial charge in [0.2, 0.25) is 0 Å². The zero-order valence-electron chi connectivity index (χ0n) is 21.4. The van der Waals surface area contributed by atoms with Gasteiger partial charge in [0.25, 0.3) is 0 Å². The smallest absolute Gasteiger partial charge is 0.409 e. The number of aromatic amines is 1. The maximum absolute atomic E-state index is 12.3. The number of ether oxygens (including phenoxy) is 1. The van der Waals surface area contributed by atoms with E-state index >= 15 is 0 Å². The summed E-state index contributed by atoms with van der Waals surface area (Å²) in [5, 5.41) is 14.2. The fourth-order valence-corrected chi connectivity index (χ4v) is 6.21. The number of nitrogens with one attached hydrogen (secondary N) is 1. The molecule has 1 aliphatic carbocycles. The lowest BCUT2D eigenvalue weighted by molar-refractivity contribution is -0.0825. The minimum absolute atomic E-state index is 0.164. The highest BCUT2D eigenvalue weighted by Gasteiger charge is 2.55. The number of fused-ring (bicyclic) bond motifs is 1. The molecule has 1 spiro atoms. The van der Waals surface area contributed by atoms with E-state index in [0.717, 1.165) is 83.4 Å². The van der Waals surface area contributed by atoms with Crippen LogP contribution >= 0.6 is 11.6 Å². The molecule has 6 rings (SSSR count). The van der Waals surface area contributed by atoms with Crippen molar-refractivity contribution in [1.29, 1.82) is 0 Å². The third-order valence-electron chi connectivity index (χ3n) is 7.89. The average Bonchev–Trinajstić information content (AvgIpc) is 3.43. The summed E-state index contributed by atoms with van der Waals surface area (Å²) >= 11 is 6.95. The van der Waals surface area contributed by atoms with Gasteiger partial charge in [-0.3, -0.25) is 14.8 Å². The van der Waals surface area contributed by atoms with Crippen LogP contribution in [-0.2, 0) is 4.74 Å². The van der Waals surface area contributed by atoms with Crippen molar-refractivity contribution in [3.05, 3.63) is 52.9 Å². The Morgan fingerprint density at radius 1 is 1.24 bits per heavy atom. The van der Waals surface area contributed by atoms with E-state index in [1.165, 1.54) is 0 Å². The number of benzene rings is 1. The number of aromatic nitrogens is 5. The minimum atomic E-state index is -0.185. The van der Waals surface area contributed by atoms with E-state index < -0.39 is 0 Å². The second kappa shape index (κ2) is 9.17. The number of rotatable bonds is 6. The third kappa shape index (κ3) is 3.98. The van der Waals surface area contributed by atoms with Crippen LogP contribution in [0.15, 0.2) is 36.7 Å². The summed E-state index contributed by atoms with van der Waals surface area (Å²) in [7, 11) is 0. The van der Waals surface area contributed by atoms with Gasteiger partial charge in [-0.2, -0.15) is 10.2 Å². The topological polar surface area (TPSA) is 88.9 Å². The molecule has 1 saturated carbocycles. The van der Waals surface area contributed by atoms with Crippen LogP contribution in [0.25, 0.3) is 33.4 Å². The molecule has 8 nitrogen and oxygen atoms in total. The number of nitrogens with zero attached hydrogens (tertiary/aromatic N) is 5. The van der Waals surface area contributed by atoms with Crippen LogP contribution in [0.2, 0.25) is 5.02 Å². The molecule has 1 saturated heterocycles. The van der Waals surface area contributed by atoms with Crippen LogP contribution in [0, 0.1) is 19.3 Å². The Kier molecular flexibility index (Phi) is 5.94. The molecule has 1 aliphatic heterocycles. The monoisotopic (exact) mass is 518 g/mol. The van der Waals surface area contributed by atoms with E-state index in [0.29, 0.717) is 11.6 Å². The number of H-pyrrole nitrogens is 1. The van der Waals surface area contributed by atoms with Gasteiger partial charge >= 0.3 is 6.09 Å². The van der Waals surface area contributed by atoms with E-state index in [9.17, 15) is 4.79 Å². The van der Waals surface area contributed by atoms with E-state index in [4.69, 9.17) is 21.4 Å². The van der Waals surface area contributed by atoms with Crippen LogP contribution in [0.5, 0.6) is 0 Å². The molecular weight excluding hydrogens is 488 g/mol. The molecule has 1 amide bonds. The van der Waals surface area contributed by atoms with E-state index in [1.54, 1.807) is 6.20 Å². The maximum Gasteiger partial charge on any atom is 0.409 e. The quantitative estimate of drug-likeness (QED) is 0.301. The summed E-state index contributed by atoms with van der Waals surface area (Å²) in [6, 6.07) is 8.17. The van der Waals surface area contributed by atoms with Crippen molar-refractivity contribution in [2.24, 2.45) is 5.41 Å². The molecule has 1 aromatic carbocycles. The van der Waals surface area contributed by atoms with Crippen LogP contribution < -0.4 is 0 Å². The normalized spacial score (nSPS) is 16.7. The first-order valence-electron chi connectivity index (χ1n) is 13.0. The fraction of sp³-hybridized carbons (Fsp3) is 0.429. The first kappa shape index (κ1) is 24.0. The van der Waals surface area contributed by atoms with Crippen molar-refractivity contribution in [3.63, 3.8) is 0 Å². The lowest BCUT2D eigenvalue weighted by Gasteiger charge is -2.58. The summed E-state index contributed by atoms with van der Waals surface area (Å²) < 4.78 is 7.54. The number of aryl methyl sites for hydroxylation is 1. The number of carbonyl (C=O) groups is 1. The van der Waals surface area contributed by atoms with E-state index in [-0.39, 0.29) is 17.6 Å². The molecule has 0 atom stereocenters. The number of carbonyl (C=O) groups excluding carboxylic acids is 1. The van der Waals surface area contributed by atoms with Gasteiger partial charge < -0.3 is 9.64 Å². The molecule has 9 heteroatoms. The van der Waals surface area contributed by atoms with Crippen molar-refractivity contribution in [2.45, 2.75) is 52.5 Å². The van der Waals surface area contributed by atoms with Gasteiger partial charge in [0, 0.05) is 46.9 Å². The molecule has 0 bridgehead atoms. The Balaban J connectivity index is 1.32. The van der Waals surface area contributed by atoms with Crippen molar-refractivity contribution < 1.29 is 9.53 Å². The van der Waals surface area contributed by atoms with Gasteiger partial charge in [-0.15, -0.1) is 0 Å². The van der Waals surface area contributed by atoms with Crippen LogP contribution in [-0.4, -0.2) is 55.7 Å². The summed E-state index contributed by atoms with van der Waals surface area (Å²) in [6.07, 6.45) is 7.33. The maximum atomic E-state index is 12.3. The van der Waals surface area contributed by atoms with Crippen molar-refractivity contribution in [3.8, 4) is 22.5 Å². The number of amides is 1. The third-order valence-corrected chi connectivity index (χ3v) is 8.38. The molecule has 0 unspecified atom stereocenters. The Morgan fingerprint density at radius 3 is 2.78 bits per heavy atom. The molecule has 192 valence electrons. The highest BCUT2D eigenvalue weighted by atomic mass is 35.5. The van der Waals surface area contributed by atoms with E-state index in [1.807, 2.05) is 42.3 Å². The summed E-state index contributed by atoms with van der Waals surface area (Å²) in [4.78, 5) is 18.8. The molecule has 2 aliphatic rings. The van der Waals surface area contributed by atoms with Crippen LogP contribution in [0.4, 0.5) is 4.79 Å². The minimum Gasteiger partial charge on any atom is -0.449 e. The SMILES string of the molecule is CCCCOC(=O)N1CC2(CC(n3nc(-c4ccccn4)c(-c4c(Cl)c(C)cc5[nH]ncc45)c3C)C2)C1. The highest BCUT2D eigenvalue weighted by Crippen LogP contribution is 2.55. The van der Waals surface area contributed by atoms with Crippen LogP contribution in [0.3, 0.4) is 0 Å². The van der Waals surface area contributed by atoms with E-state index in [2.05, 4.69) is 33.7 Å². The summed E-state index contributed by atoms with van der Waals surface area (Å²) in [6.45, 7) is 8.23. The van der Waals surface area contributed by atoms with Gasteiger partial charge in [-0.1, -0.05) is 31.0 Å². The molecule has 0 radical (unpaired) electrons. The molecule has 1 N–H and O–H groups in total. The van der Waals surface area contributed by atoms with Gasteiger partial charge in [0.05, 0.1) is 35.1 Å². The van der Waals surface area contributed by atoms with Crippen LogP contribution in [0.1, 0.15) is 49.9 Å². The Bertz CT molecular complexity index is 1460. The lowest BCUT2D eigenvalue weighted by Crippen LogP contribution is -2.64. The second-order valence-electron chi connectivity index (χ2n) is 10.6. The summed E-state index contributed by atoms with van der Waals surface area (Å²) in [5.41, 5.74) is 6.72. The zero-order valence-corrected chi connectivity index (χ0v) is 22.2. The van der Waals surface area contributed by atoms with Gasteiger partial charge in [0.1, 0.15) is 5.69 Å². The summed E-state index contributed by atoms with van der Waals surface area (Å²) in [5.74, 6) is 0. The average molecular weight is 519 g/mol. The first-order valence-corrected chi connectivity index (χ1v) is 13.3. The fourth-order valence-electron chi connectivity index (χ4n) is 5.96. The molecule has 4 heterocycles. The highest BCUT2D eigenvalue weighted by molar-refractivity contribution is 6.36. The lowest BCUT2D eigenvalue weighted by atomic mass is 9.61. The molecule has 37 heavy (non-hydrogen) atoms. The largest absolute Gasteiger partial charge is 0.449 e. The standard InChI is InChI=1S/C28H31ClN6O2/c1-4-5-10-37-27(36)34-15-28(16-34)12-19(13-28)35-18(3)23(26(33-35)21-8-6-7-9-30-21)24-20-14-31-32-22(20)11-17(2)25(24)29/h6-9,11,14,19H,4-5,10,12-13,15-16H2,1-3H3,(H,31,32). The van der Waals surface area contributed by atoms with Crippen molar-refractivity contribution >= 4 is 28.6 Å². The number of pyridine rings is 1. The van der Waals surface area contributed by atoms with Gasteiger partial charge in [-0.05, 0) is 56.9 Å². The van der Waals surface area contributed by atoms with Gasteiger partial charge in [-0.25, -0.2) is 4.79 Å². The number of hydrogen-bond donors (Lipinski definition) is 1. The Hall–Kier alpha value is -3.39. The first-order chi connectivity index (χ1) is 17.9. The van der Waals surface area contributed by atoms with Crippen molar-refractivity contribution in [2.75, 3.05) is 19.7 Å². The van der Waals surface area contributed by atoms with Crippen molar-refractivity contribution in [1.82, 2.24) is 29.9 Å².